The predicted molar refractivity (Wildman–Crippen MR) is 87.5 cm³/mol. The average molecular weight is 298 g/mol. The van der Waals surface area contributed by atoms with Gasteiger partial charge in [-0.15, -0.1) is 0 Å². The third kappa shape index (κ3) is 3.82. The Bertz CT molecular complexity index is 469. The molecule has 0 aliphatic carbocycles. The second kappa shape index (κ2) is 8.04. The van der Waals surface area contributed by atoms with Gasteiger partial charge in [-0.25, -0.2) is 4.98 Å². The van der Waals surface area contributed by atoms with Crippen LogP contribution in [0.5, 0.6) is 0 Å². The highest BCUT2D eigenvalue weighted by molar-refractivity contribution is 6.33. The summed E-state index contributed by atoms with van der Waals surface area (Å²) in [7, 11) is 0. The Morgan fingerprint density at radius 1 is 1.20 bits per heavy atom. The fraction of sp³-hybridized carbons (Fsp3) is 0.643. The van der Waals surface area contributed by atoms with Crippen LogP contribution in [-0.4, -0.2) is 41.9 Å². The molecule has 0 aromatic carbocycles. The van der Waals surface area contributed by atoms with Crippen LogP contribution >= 0.6 is 11.6 Å². The molecule has 1 aromatic heterocycles. The van der Waals surface area contributed by atoms with Gasteiger partial charge in [0.25, 0.3) is 0 Å². The molecule has 0 radical (unpaired) electrons. The lowest BCUT2D eigenvalue weighted by Crippen LogP contribution is -2.25. The summed E-state index contributed by atoms with van der Waals surface area (Å²) in [5.41, 5.74) is 1.66. The Hall–Kier alpha value is -1.36. The Morgan fingerprint density at radius 3 is 2.35 bits per heavy atom. The molecule has 0 aliphatic rings. The molecule has 0 aliphatic heterocycles. The van der Waals surface area contributed by atoms with E-state index in [1.807, 2.05) is 20.8 Å². The molecular weight excluding hydrogens is 274 g/mol. The first-order valence-corrected chi connectivity index (χ1v) is 7.54. The molecule has 0 spiro atoms. The molecule has 1 N–H and O–H groups in total. The van der Waals surface area contributed by atoms with E-state index in [9.17, 15) is 0 Å². The zero-order valence-corrected chi connectivity index (χ0v) is 13.8. The highest BCUT2D eigenvalue weighted by atomic mass is 35.5. The molecule has 1 aromatic rings. The van der Waals surface area contributed by atoms with Gasteiger partial charge in [0.15, 0.2) is 0 Å². The van der Waals surface area contributed by atoms with Crippen molar-refractivity contribution in [1.82, 2.24) is 9.97 Å². The number of hydrogen-bond donors (Lipinski definition) is 1. The first-order chi connectivity index (χ1) is 9.58. The van der Waals surface area contributed by atoms with Crippen LogP contribution in [0.15, 0.2) is 4.99 Å². The van der Waals surface area contributed by atoms with E-state index in [0.717, 1.165) is 36.7 Å². The fourth-order valence-electron chi connectivity index (χ4n) is 2.00. The summed E-state index contributed by atoms with van der Waals surface area (Å²) in [5.74, 6) is 1.41. The zero-order valence-electron chi connectivity index (χ0n) is 13.0. The summed E-state index contributed by atoms with van der Waals surface area (Å²) < 4.78 is 0. The van der Waals surface area contributed by atoms with Crippen molar-refractivity contribution in [2.45, 2.75) is 34.6 Å². The summed E-state index contributed by atoms with van der Waals surface area (Å²) >= 11 is 6.36. The summed E-state index contributed by atoms with van der Waals surface area (Å²) in [6.07, 6.45) is 0. The van der Waals surface area contributed by atoms with E-state index in [4.69, 9.17) is 11.6 Å². The smallest absolute Gasteiger partial charge is 0.228 e. The van der Waals surface area contributed by atoms with Crippen LogP contribution in [-0.2, 0) is 0 Å². The van der Waals surface area contributed by atoms with Gasteiger partial charge >= 0.3 is 0 Å². The van der Waals surface area contributed by atoms with Gasteiger partial charge in [-0.1, -0.05) is 11.6 Å². The van der Waals surface area contributed by atoms with Crippen molar-refractivity contribution in [3.8, 4) is 0 Å². The van der Waals surface area contributed by atoms with E-state index in [2.05, 4.69) is 39.0 Å². The standard InChI is InChI=1S/C14H24ClN5/c1-6-16-10(5)11-12(15)18-14(20(8-3)9-4)19-13(11)17-7-2/h6-9H2,1-5H3,(H,17,18,19). The van der Waals surface area contributed by atoms with Crippen molar-refractivity contribution in [1.29, 1.82) is 0 Å². The van der Waals surface area contributed by atoms with Crippen LogP contribution < -0.4 is 10.2 Å². The first-order valence-electron chi connectivity index (χ1n) is 7.16. The minimum absolute atomic E-state index is 0.451. The maximum atomic E-state index is 6.36. The van der Waals surface area contributed by atoms with Gasteiger partial charge in [0.05, 0.1) is 5.56 Å². The third-order valence-corrected chi connectivity index (χ3v) is 3.27. The van der Waals surface area contributed by atoms with Gasteiger partial charge in [-0.05, 0) is 34.6 Å². The van der Waals surface area contributed by atoms with Crippen LogP contribution in [0.3, 0.4) is 0 Å². The normalized spacial score (nSPS) is 11.6. The lowest BCUT2D eigenvalue weighted by atomic mass is 10.2. The van der Waals surface area contributed by atoms with Gasteiger partial charge in [0, 0.05) is 31.9 Å². The van der Waals surface area contributed by atoms with Crippen molar-refractivity contribution in [3.05, 3.63) is 10.7 Å². The van der Waals surface area contributed by atoms with Gasteiger partial charge in [-0.3, -0.25) is 4.99 Å². The number of nitrogens with zero attached hydrogens (tertiary/aromatic N) is 4. The molecule has 0 fully saturated rings. The minimum Gasteiger partial charge on any atom is -0.370 e. The summed E-state index contributed by atoms with van der Waals surface area (Å²) in [5, 5.41) is 3.71. The number of anilines is 2. The van der Waals surface area contributed by atoms with Gasteiger partial charge in [0.2, 0.25) is 5.95 Å². The molecule has 20 heavy (non-hydrogen) atoms. The highest BCUT2D eigenvalue weighted by Gasteiger charge is 2.17. The van der Waals surface area contributed by atoms with E-state index in [-0.39, 0.29) is 0 Å². The molecule has 1 rings (SSSR count). The maximum Gasteiger partial charge on any atom is 0.228 e. The van der Waals surface area contributed by atoms with Crippen molar-refractivity contribution in [2.75, 3.05) is 36.4 Å². The molecule has 5 nitrogen and oxygen atoms in total. The molecule has 0 unspecified atom stereocenters. The molecule has 0 bridgehead atoms. The molecule has 112 valence electrons. The third-order valence-electron chi connectivity index (χ3n) is 3.00. The monoisotopic (exact) mass is 297 g/mol. The van der Waals surface area contributed by atoms with Crippen molar-refractivity contribution in [3.63, 3.8) is 0 Å². The molecular formula is C14H24ClN5. The number of aromatic nitrogens is 2. The van der Waals surface area contributed by atoms with Crippen LogP contribution in [0, 0.1) is 0 Å². The topological polar surface area (TPSA) is 53.4 Å². The summed E-state index contributed by atoms with van der Waals surface area (Å²) in [4.78, 5) is 15.5. The van der Waals surface area contributed by atoms with Crippen LogP contribution in [0.1, 0.15) is 40.2 Å². The van der Waals surface area contributed by atoms with Crippen LogP contribution in [0.2, 0.25) is 5.15 Å². The second-order valence-corrected chi connectivity index (χ2v) is 4.66. The predicted octanol–water partition coefficient (Wildman–Crippen LogP) is 3.24. The first kappa shape index (κ1) is 16.7. The molecule has 0 saturated heterocycles. The Morgan fingerprint density at radius 2 is 1.85 bits per heavy atom. The van der Waals surface area contributed by atoms with Crippen molar-refractivity contribution < 1.29 is 0 Å². The minimum atomic E-state index is 0.451. The number of hydrogen-bond acceptors (Lipinski definition) is 5. The summed E-state index contributed by atoms with van der Waals surface area (Å²) in [6, 6.07) is 0. The number of aliphatic imine (C=N–C) groups is 1. The Labute approximate surface area is 126 Å². The largest absolute Gasteiger partial charge is 0.370 e. The number of nitrogens with one attached hydrogen (secondary N) is 1. The van der Waals surface area contributed by atoms with Gasteiger partial charge in [-0.2, -0.15) is 4.98 Å². The molecule has 1 heterocycles. The lowest BCUT2D eigenvalue weighted by molar-refractivity contribution is 0.821. The zero-order chi connectivity index (χ0) is 15.1. The Kier molecular flexibility index (Phi) is 6.71. The van der Waals surface area contributed by atoms with E-state index >= 15 is 0 Å². The quantitative estimate of drug-likeness (QED) is 0.620. The van der Waals surface area contributed by atoms with E-state index in [0.29, 0.717) is 17.6 Å². The lowest BCUT2D eigenvalue weighted by Gasteiger charge is -2.21. The average Bonchev–Trinajstić information content (AvgIpc) is 2.40. The van der Waals surface area contributed by atoms with Crippen molar-refractivity contribution in [2.24, 2.45) is 4.99 Å². The maximum absolute atomic E-state index is 6.36. The van der Waals surface area contributed by atoms with Gasteiger partial charge < -0.3 is 10.2 Å². The number of rotatable bonds is 7. The fourth-order valence-corrected chi connectivity index (χ4v) is 2.30. The van der Waals surface area contributed by atoms with Gasteiger partial charge in [0.1, 0.15) is 11.0 Å². The highest BCUT2D eigenvalue weighted by Crippen LogP contribution is 2.25. The van der Waals surface area contributed by atoms with Crippen molar-refractivity contribution >= 4 is 29.1 Å². The van der Waals surface area contributed by atoms with Crippen LogP contribution in [0.25, 0.3) is 0 Å². The SMILES string of the molecule is CCN=C(C)c1c(Cl)nc(N(CC)CC)nc1NCC. The summed E-state index contributed by atoms with van der Waals surface area (Å²) in [6.45, 7) is 13.3. The number of halogens is 1. The molecule has 0 amide bonds. The Balaban J connectivity index is 3.35. The van der Waals surface area contributed by atoms with E-state index in [1.165, 1.54) is 0 Å². The second-order valence-electron chi connectivity index (χ2n) is 4.30. The molecule has 0 saturated carbocycles. The van der Waals surface area contributed by atoms with E-state index in [1.54, 1.807) is 0 Å². The van der Waals surface area contributed by atoms with E-state index < -0.39 is 0 Å². The molecule has 0 atom stereocenters. The molecule has 6 heteroatoms. The van der Waals surface area contributed by atoms with Crippen LogP contribution in [0.4, 0.5) is 11.8 Å².